The molecule has 0 aliphatic carbocycles. The van der Waals surface area contributed by atoms with Crippen LogP contribution in [-0.2, 0) is 0 Å². The van der Waals surface area contributed by atoms with E-state index in [1.54, 1.807) is 0 Å². The normalized spacial score (nSPS) is 14.0. The summed E-state index contributed by atoms with van der Waals surface area (Å²) in [6.45, 7) is 6.50. The summed E-state index contributed by atoms with van der Waals surface area (Å²) in [6.07, 6.45) is 4.40. The van der Waals surface area contributed by atoms with E-state index in [0.29, 0.717) is 0 Å². The van der Waals surface area contributed by atoms with Crippen LogP contribution in [0.4, 0.5) is 5.69 Å². The Balaban J connectivity index is 2.26. The molecule has 0 aliphatic rings. The van der Waals surface area contributed by atoms with Gasteiger partial charge in [-0.25, -0.2) is 0 Å². The van der Waals surface area contributed by atoms with Crippen LogP contribution in [0.5, 0.6) is 0 Å². The van der Waals surface area contributed by atoms with Crippen LogP contribution in [0.3, 0.4) is 0 Å². The lowest BCUT2D eigenvalue weighted by molar-refractivity contribution is 0.163. The van der Waals surface area contributed by atoms with Gasteiger partial charge in [0.15, 0.2) is 0 Å². The Hall–Kier alpha value is -1.06. The van der Waals surface area contributed by atoms with Crippen LogP contribution in [0.1, 0.15) is 39.5 Å². The van der Waals surface area contributed by atoms with Gasteiger partial charge in [-0.2, -0.15) is 0 Å². The van der Waals surface area contributed by atoms with Gasteiger partial charge < -0.3 is 15.3 Å². The SMILES string of the molecule is CCCNC(C)(CO)CCCCN(C)c1ccccc1. The van der Waals surface area contributed by atoms with Crippen LogP contribution >= 0.6 is 0 Å². The van der Waals surface area contributed by atoms with Crippen molar-refractivity contribution < 1.29 is 5.11 Å². The molecule has 1 aromatic rings. The van der Waals surface area contributed by atoms with E-state index in [9.17, 15) is 5.11 Å². The number of aliphatic hydroxyl groups excluding tert-OH is 1. The van der Waals surface area contributed by atoms with E-state index in [1.165, 1.54) is 5.69 Å². The molecule has 0 saturated carbocycles. The number of nitrogens with zero attached hydrogens (tertiary/aromatic N) is 1. The van der Waals surface area contributed by atoms with E-state index in [-0.39, 0.29) is 12.1 Å². The maximum absolute atomic E-state index is 9.53. The summed E-state index contributed by atoms with van der Waals surface area (Å²) >= 11 is 0. The molecule has 0 radical (unpaired) electrons. The van der Waals surface area contributed by atoms with Crippen LogP contribution in [0, 0.1) is 0 Å². The zero-order valence-corrected chi connectivity index (χ0v) is 13.2. The molecule has 1 unspecified atom stereocenters. The lowest BCUT2D eigenvalue weighted by atomic mass is 9.95. The van der Waals surface area contributed by atoms with E-state index < -0.39 is 0 Å². The molecule has 3 heteroatoms. The van der Waals surface area contributed by atoms with Crippen molar-refractivity contribution in [1.82, 2.24) is 5.32 Å². The Morgan fingerprint density at radius 3 is 2.50 bits per heavy atom. The zero-order valence-electron chi connectivity index (χ0n) is 13.2. The number of hydrogen-bond donors (Lipinski definition) is 2. The van der Waals surface area contributed by atoms with Gasteiger partial charge in [0.1, 0.15) is 0 Å². The summed E-state index contributed by atoms with van der Waals surface area (Å²) < 4.78 is 0. The molecule has 2 N–H and O–H groups in total. The maximum Gasteiger partial charge on any atom is 0.0610 e. The molecule has 0 bridgehead atoms. The van der Waals surface area contributed by atoms with Gasteiger partial charge in [-0.3, -0.25) is 0 Å². The summed E-state index contributed by atoms with van der Waals surface area (Å²) in [5.41, 5.74) is 1.14. The third-order valence-corrected chi connectivity index (χ3v) is 3.82. The molecule has 1 rings (SSSR count). The fourth-order valence-corrected chi connectivity index (χ4v) is 2.33. The molecule has 114 valence electrons. The van der Waals surface area contributed by atoms with Crippen LogP contribution in [0.25, 0.3) is 0 Å². The minimum atomic E-state index is -0.124. The van der Waals surface area contributed by atoms with Crippen molar-refractivity contribution >= 4 is 5.69 Å². The lowest BCUT2D eigenvalue weighted by Gasteiger charge is -2.29. The Bertz CT molecular complexity index is 355. The van der Waals surface area contributed by atoms with Gasteiger partial charge in [0.25, 0.3) is 0 Å². The molecule has 0 amide bonds. The summed E-state index contributed by atoms with van der Waals surface area (Å²) in [6, 6.07) is 10.5. The van der Waals surface area contributed by atoms with E-state index in [2.05, 4.69) is 55.4 Å². The second kappa shape index (κ2) is 8.98. The van der Waals surface area contributed by atoms with Crippen molar-refractivity contribution in [3.05, 3.63) is 30.3 Å². The molecule has 0 saturated heterocycles. The second-order valence-corrected chi connectivity index (χ2v) is 5.86. The first-order chi connectivity index (χ1) is 9.61. The number of rotatable bonds is 10. The van der Waals surface area contributed by atoms with Crippen molar-refractivity contribution in [3.8, 4) is 0 Å². The van der Waals surface area contributed by atoms with E-state index in [4.69, 9.17) is 0 Å². The number of unbranched alkanes of at least 4 members (excludes halogenated alkanes) is 1. The molecule has 0 aliphatic heterocycles. The first-order valence-electron chi connectivity index (χ1n) is 7.73. The van der Waals surface area contributed by atoms with Crippen molar-refractivity contribution in [1.29, 1.82) is 0 Å². The van der Waals surface area contributed by atoms with Gasteiger partial charge in [-0.1, -0.05) is 25.1 Å². The van der Waals surface area contributed by atoms with Gasteiger partial charge in [0.05, 0.1) is 6.61 Å². The topological polar surface area (TPSA) is 35.5 Å². The highest BCUT2D eigenvalue weighted by Crippen LogP contribution is 2.16. The van der Waals surface area contributed by atoms with Crippen molar-refractivity contribution in [2.75, 3.05) is 31.6 Å². The minimum Gasteiger partial charge on any atom is -0.394 e. The predicted molar refractivity (Wildman–Crippen MR) is 87.3 cm³/mol. The molecule has 20 heavy (non-hydrogen) atoms. The Morgan fingerprint density at radius 2 is 1.90 bits per heavy atom. The molecular weight excluding hydrogens is 248 g/mol. The van der Waals surface area contributed by atoms with Crippen molar-refractivity contribution in [3.63, 3.8) is 0 Å². The van der Waals surface area contributed by atoms with Gasteiger partial charge >= 0.3 is 0 Å². The number of para-hydroxylation sites is 1. The fraction of sp³-hybridized carbons (Fsp3) is 0.647. The smallest absolute Gasteiger partial charge is 0.0610 e. The third-order valence-electron chi connectivity index (χ3n) is 3.82. The quantitative estimate of drug-likeness (QED) is 0.646. The average Bonchev–Trinajstić information content (AvgIpc) is 2.50. The van der Waals surface area contributed by atoms with Gasteiger partial charge in [0, 0.05) is 24.8 Å². The Labute approximate surface area is 124 Å². The molecule has 0 heterocycles. The number of hydrogen-bond acceptors (Lipinski definition) is 3. The molecule has 0 spiro atoms. The zero-order chi connectivity index (χ0) is 14.8. The third kappa shape index (κ3) is 5.93. The Kier molecular flexibility index (Phi) is 7.63. The summed E-state index contributed by atoms with van der Waals surface area (Å²) in [5.74, 6) is 0. The fourth-order valence-electron chi connectivity index (χ4n) is 2.33. The first-order valence-corrected chi connectivity index (χ1v) is 7.73. The molecule has 1 atom stereocenters. The predicted octanol–water partition coefficient (Wildman–Crippen LogP) is 3.04. The molecule has 1 aromatic carbocycles. The van der Waals surface area contributed by atoms with E-state index in [0.717, 1.165) is 38.8 Å². The monoisotopic (exact) mass is 278 g/mol. The van der Waals surface area contributed by atoms with Crippen LogP contribution < -0.4 is 10.2 Å². The maximum atomic E-state index is 9.53. The summed E-state index contributed by atoms with van der Waals surface area (Å²) in [4.78, 5) is 2.29. The van der Waals surface area contributed by atoms with Crippen molar-refractivity contribution in [2.24, 2.45) is 0 Å². The molecule has 0 fully saturated rings. The number of nitrogens with one attached hydrogen (secondary N) is 1. The first kappa shape index (κ1) is 17.0. The van der Waals surface area contributed by atoms with E-state index >= 15 is 0 Å². The highest BCUT2D eigenvalue weighted by atomic mass is 16.3. The van der Waals surface area contributed by atoms with Gasteiger partial charge in [-0.05, 0) is 51.3 Å². The largest absolute Gasteiger partial charge is 0.394 e. The standard InChI is InChI=1S/C17H30N2O/c1-4-13-18-17(2,15-20)12-8-9-14-19(3)16-10-6-5-7-11-16/h5-7,10-11,18,20H,4,8-9,12-15H2,1-3H3. The summed E-state index contributed by atoms with van der Waals surface area (Å²) in [7, 11) is 2.13. The average molecular weight is 278 g/mol. The lowest BCUT2D eigenvalue weighted by Crippen LogP contribution is -2.46. The summed E-state index contributed by atoms with van der Waals surface area (Å²) in [5, 5.41) is 13.0. The second-order valence-electron chi connectivity index (χ2n) is 5.86. The number of anilines is 1. The van der Waals surface area contributed by atoms with Crippen LogP contribution in [0.2, 0.25) is 0 Å². The number of aliphatic hydroxyl groups is 1. The molecule has 3 nitrogen and oxygen atoms in total. The minimum absolute atomic E-state index is 0.124. The van der Waals surface area contributed by atoms with Crippen LogP contribution in [-0.4, -0.2) is 37.4 Å². The highest BCUT2D eigenvalue weighted by molar-refractivity contribution is 5.44. The Morgan fingerprint density at radius 1 is 1.20 bits per heavy atom. The molecular formula is C17H30N2O. The van der Waals surface area contributed by atoms with Crippen molar-refractivity contribution in [2.45, 2.75) is 45.1 Å². The van der Waals surface area contributed by atoms with Gasteiger partial charge in [0.2, 0.25) is 0 Å². The van der Waals surface area contributed by atoms with Crippen LogP contribution in [0.15, 0.2) is 30.3 Å². The van der Waals surface area contributed by atoms with Gasteiger partial charge in [-0.15, -0.1) is 0 Å². The molecule has 0 aromatic heterocycles. The highest BCUT2D eigenvalue weighted by Gasteiger charge is 2.21. The number of benzene rings is 1. The van der Waals surface area contributed by atoms with E-state index in [1.807, 2.05) is 6.07 Å².